The fourth-order valence-corrected chi connectivity index (χ4v) is 1.76. The van der Waals surface area contributed by atoms with E-state index < -0.39 is 0 Å². The Morgan fingerprint density at radius 3 is 2.61 bits per heavy atom. The summed E-state index contributed by atoms with van der Waals surface area (Å²) in [6.07, 6.45) is 2.73. The number of hydrogen-bond donors (Lipinski definition) is 2. The van der Waals surface area contributed by atoms with E-state index in [2.05, 4.69) is 36.1 Å². The molecule has 1 rings (SSSR count). The molecule has 1 aromatic heterocycles. The summed E-state index contributed by atoms with van der Waals surface area (Å²) in [5.74, 6) is 1.52. The zero-order chi connectivity index (χ0) is 13.8. The molecule has 0 spiro atoms. The van der Waals surface area contributed by atoms with Crippen LogP contribution in [0.3, 0.4) is 0 Å². The SMILES string of the molecule is CN(C)c1nccc(NCC(N)CC(C)(C)C)n1. The highest BCUT2D eigenvalue weighted by Gasteiger charge is 2.15. The molecule has 0 saturated carbocycles. The molecular weight excluding hydrogens is 226 g/mol. The fourth-order valence-electron chi connectivity index (χ4n) is 1.76. The van der Waals surface area contributed by atoms with Gasteiger partial charge in [-0.05, 0) is 17.9 Å². The van der Waals surface area contributed by atoms with Crippen molar-refractivity contribution >= 4 is 11.8 Å². The topological polar surface area (TPSA) is 67.1 Å². The van der Waals surface area contributed by atoms with Crippen LogP contribution in [0.2, 0.25) is 0 Å². The molecule has 0 saturated heterocycles. The molecule has 0 amide bonds. The number of nitrogens with zero attached hydrogens (tertiary/aromatic N) is 3. The highest BCUT2D eigenvalue weighted by molar-refractivity contribution is 5.40. The number of nitrogens with one attached hydrogen (secondary N) is 1. The van der Waals surface area contributed by atoms with Crippen LogP contribution in [0.15, 0.2) is 12.3 Å². The monoisotopic (exact) mass is 251 g/mol. The van der Waals surface area contributed by atoms with Gasteiger partial charge in [-0.1, -0.05) is 20.8 Å². The van der Waals surface area contributed by atoms with Gasteiger partial charge in [0.05, 0.1) is 0 Å². The molecule has 5 nitrogen and oxygen atoms in total. The van der Waals surface area contributed by atoms with Gasteiger partial charge in [0.15, 0.2) is 0 Å². The summed E-state index contributed by atoms with van der Waals surface area (Å²) in [6, 6.07) is 1.99. The molecule has 0 aliphatic heterocycles. The molecule has 0 fully saturated rings. The summed E-state index contributed by atoms with van der Waals surface area (Å²) < 4.78 is 0. The van der Waals surface area contributed by atoms with Crippen molar-refractivity contribution in [2.75, 3.05) is 30.9 Å². The minimum atomic E-state index is 0.128. The molecular formula is C13H25N5. The molecule has 1 aromatic rings. The first-order valence-electron chi connectivity index (χ1n) is 6.28. The first-order chi connectivity index (χ1) is 8.28. The first-order valence-corrected chi connectivity index (χ1v) is 6.28. The van der Waals surface area contributed by atoms with E-state index in [0.717, 1.165) is 18.8 Å². The Labute approximate surface area is 110 Å². The zero-order valence-corrected chi connectivity index (χ0v) is 12.1. The second-order valence-corrected chi connectivity index (χ2v) is 6.04. The summed E-state index contributed by atoms with van der Waals surface area (Å²) >= 11 is 0. The van der Waals surface area contributed by atoms with Crippen LogP contribution in [0.4, 0.5) is 11.8 Å². The molecule has 1 heterocycles. The highest BCUT2D eigenvalue weighted by atomic mass is 15.2. The van der Waals surface area contributed by atoms with E-state index in [4.69, 9.17) is 5.73 Å². The quantitative estimate of drug-likeness (QED) is 0.834. The lowest BCUT2D eigenvalue weighted by Crippen LogP contribution is -2.33. The van der Waals surface area contributed by atoms with Crippen molar-refractivity contribution in [3.63, 3.8) is 0 Å². The number of rotatable bonds is 5. The van der Waals surface area contributed by atoms with Crippen molar-refractivity contribution in [3.05, 3.63) is 12.3 Å². The van der Waals surface area contributed by atoms with E-state index in [1.807, 2.05) is 25.1 Å². The Bertz CT molecular complexity index is 370. The van der Waals surface area contributed by atoms with Gasteiger partial charge in [0, 0.05) is 32.9 Å². The summed E-state index contributed by atoms with van der Waals surface area (Å²) in [6.45, 7) is 7.31. The molecule has 0 bridgehead atoms. The molecule has 5 heteroatoms. The van der Waals surface area contributed by atoms with Crippen LogP contribution >= 0.6 is 0 Å². The van der Waals surface area contributed by atoms with Crippen LogP contribution in [0.25, 0.3) is 0 Å². The normalized spacial score (nSPS) is 13.2. The molecule has 102 valence electrons. The Hall–Kier alpha value is -1.36. The maximum Gasteiger partial charge on any atom is 0.226 e. The van der Waals surface area contributed by atoms with Crippen molar-refractivity contribution in [1.29, 1.82) is 0 Å². The lowest BCUT2D eigenvalue weighted by molar-refractivity contribution is 0.344. The molecule has 0 radical (unpaired) electrons. The number of hydrogen-bond acceptors (Lipinski definition) is 5. The van der Waals surface area contributed by atoms with Gasteiger partial charge in [-0.2, -0.15) is 4.98 Å². The van der Waals surface area contributed by atoms with E-state index in [0.29, 0.717) is 5.95 Å². The van der Waals surface area contributed by atoms with E-state index in [9.17, 15) is 0 Å². The molecule has 3 N–H and O–H groups in total. The van der Waals surface area contributed by atoms with Gasteiger partial charge in [0.1, 0.15) is 5.82 Å². The van der Waals surface area contributed by atoms with E-state index in [-0.39, 0.29) is 11.5 Å². The maximum atomic E-state index is 6.09. The Balaban J connectivity index is 2.51. The van der Waals surface area contributed by atoms with E-state index >= 15 is 0 Å². The summed E-state index contributed by atoms with van der Waals surface area (Å²) in [7, 11) is 3.84. The standard InChI is InChI=1S/C13H25N5/c1-13(2,3)8-10(14)9-16-11-6-7-15-12(17-11)18(4)5/h6-7,10H,8-9,14H2,1-5H3,(H,15,16,17). The van der Waals surface area contributed by atoms with Gasteiger partial charge < -0.3 is 16.0 Å². The molecule has 0 aromatic carbocycles. The molecule has 1 atom stereocenters. The summed E-state index contributed by atoms with van der Waals surface area (Å²) in [5.41, 5.74) is 6.34. The van der Waals surface area contributed by atoms with Gasteiger partial charge in [-0.25, -0.2) is 4.98 Å². The Morgan fingerprint density at radius 1 is 1.39 bits per heavy atom. The van der Waals surface area contributed by atoms with Gasteiger partial charge in [-0.15, -0.1) is 0 Å². The third-order valence-electron chi connectivity index (χ3n) is 2.46. The highest BCUT2D eigenvalue weighted by Crippen LogP contribution is 2.20. The van der Waals surface area contributed by atoms with Gasteiger partial charge in [-0.3, -0.25) is 0 Å². The smallest absolute Gasteiger partial charge is 0.226 e. The predicted octanol–water partition coefficient (Wildman–Crippen LogP) is 1.72. The van der Waals surface area contributed by atoms with E-state index in [1.165, 1.54) is 0 Å². The lowest BCUT2D eigenvalue weighted by Gasteiger charge is -2.23. The molecule has 1 unspecified atom stereocenters. The van der Waals surface area contributed by atoms with Crippen molar-refractivity contribution in [2.45, 2.75) is 33.2 Å². The number of anilines is 2. The van der Waals surface area contributed by atoms with Crippen LogP contribution in [-0.4, -0.2) is 36.6 Å². The van der Waals surface area contributed by atoms with Crippen LogP contribution < -0.4 is 16.0 Å². The largest absolute Gasteiger partial charge is 0.368 e. The third-order valence-corrected chi connectivity index (χ3v) is 2.46. The van der Waals surface area contributed by atoms with Crippen LogP contribution in [0.1, 0.15) is 27.2 Å². The van der Waals surface area contributed by atoms with Crippen LogP contribution in [0.5, 0.6) is 0 Å². The third kappa shape index (κ3) is 5.31. The van der Waals surface area contributed by atoms with Crippen LogP contribution in [-0.2, 0) is 0 Å². The zero-order valence-electron chi connectivity index (χ0n) is 12.1. The molecule has 0 aliphatic carbocycles. The molecule has 0 aliphatic rings. The fraction of sp³-hybridized carbons (Fsp3) is 0.692. The van der Waals surface area contributed by atoms with Gasteiger partial charge in [0.25, 0.3) is 0 Å². The maximum absolute atomic E-state index is 6.09. The van der Waals surface area contributed by atoms with Gasteiger partial charge in [0.2, 0.25) is 5.95 Å². The number of nitrogens with two attached hydrogens (primary N) is 1. The minimum absolute atomic E-state index is 0.128. The van der Waals surface area contributed by atoms with Crippen molar-refractivity contribution in [3.8, 4) is 0 Å². The Kier molecular flexibility index (Phi) is 4.90. The van der Waals surface area contributed by atoms with Gasteiger partial charge >= 0.3 is 0 Å². The van der Waals surface area contributed by atoms with Crippen LogP contribution in [0, 0.1) is 5.41 Å². The average Bonchev–Trinajstić information content (AvgIpc) is 2.24. The van der Waals surface area contributed by atoms with Crippen molar-refractivity contribution in [2.24, 2.45) is 11.1 Å². The predicted molar refractivity (Wildman–Crippen MR) is 76.9 cm³/mol. The Morgan fingerprint density at radius 2 is 2.06 bits per heavy atom. The first kappa shape index (κ1) is 14.7. The number of aromatic nitrogens is 2. The summed E-state index contributed by atoms with van der Waals surface area (Å²) in [5, 5.41) is 3.26. The summed E-state index contributed by atoms with van der Waals surface area (Å²) in [4.78, 5) is 10.4. The average molecular weight is 251 g/mol. The van der Waals surface area contributed by atoms with Crippen molar-refractivity contribution in [1.82, 2.24) is 9.97 Å². The minimum Gasteiger partial charge on any atom is -0.368 e. The lowest BCUT2D eigenvalue weighted by atomic mass is 9.88. The van der Waals surface area contributed by atoms with Crippen molar-refractivity contribution < 1.29 is 0 Å². The second-order valence-electron chi connectivity index (χ2n) is 6.04. The van der Waals surface area contributed by atoms with E-state index in [1.54, 1.807) is 6.20 Å². The second kappa shape index (κ2) is 6.00. The molecule has 18 heavy (non-hydrogen) atoms.